The summed E-state index contributed by atoms with van der Waals surface area (Å²) in [6.07, 6.45) is 2.60. The number of aromatic nitrogens is 3. The van der Waals surface area contributed by atoms with Crippen LogP contribution >= 0.6 is 12.2 Å². The molecule has 1 aromatic rings. The minimum Gasteiger partial charge on any atom is -0.382 e. The van der Waals surface area contributed by atoms with Crippen LogP contribution in [0.15, 0.2) is 6.33 Å². The van der Waals surface area contributed by atoms with E-state index in [2.05, 4.69) is 20.7 Å². The maximum absolute atomic E-state index is 5.22. The third-order valence-electron chi connectivity index (χ3n) is 2.01. The molecule has 1 heterocycles. The average molecular weight is 257 g/mol. The molecule has 0 saturated heterocycles. The Bertz CT molecular complexity index is 341. The molecule has 2 N–H and O–H groups in total. The molecule has 0 unspecified atom stereocenters. The van der Waals surface area contributed by atoms with E-state index in [0.717, 1.165) is 32.0 Å². The molecule has 0 aliphatic heterocycles. The Kier molecular flexibility index (Phi) is 6.49. The van der Waals surface area contributed by atoms with Gasteiger partial charge < -0.3 is 15.4 Å². The van der Waals surface area contributed by atoms with Crippen molar-refractivity contribution in [3.63, 3.8) is 0 Å². The Morgan fingerprint density at radius 1 is 1.53 bits per heavy atom. The van der Waals surface area contributed by atoms with Gasteiger partial charge in [0.2, 0.25) is 0 Å². The van der Waals surface area contributed by atoms with Gasteiger partial charge in [-0.15, -0.1) is 0 Å². The van der Waals surface area contributed by atoms with Crippen LogP contribution in [0.1, 0.15) is 19.2 Å². The zero-order chi connectivity index (χ0) is 12.5. The van der Waals surface area contributed by atoms with Crippen molar-refractivity contribution in [2.24, 2.45) is 7.05 Å². The zero-order valence-electron chi connectivity index (χ0n) is 10.3. The number of ether oxygens (including phenoxy) is 1. The second-order valence-corrected chi connectivity index (χ2v) is 3.90. The topological polar surface area (TPSA) is 64.0 Å². The molecule has 0 saturated carbocycles. The molecule has 1 aromatic heterocycles. The van der Waals surface area contributed by atoms with Crippen LogP contribution in [0, 0.1) is 0 Å². The summed E-state index contributed by atoms with van der Waals surface area (Å²) in [5.74, 6) is 0.728. The van der Waals surface area contributed by atoms with Crippen LogP contribution in [0.5, 0.6) is 0 Å². The standard InChI is InChI=1S/C10H19N5OS/c1-3-16-6-4-5-11-10(17)12-7-9-13-8-15(2)14-9/h8H,3-7H2,1-2H3,(H2,11,12,17). The van der Waals surface area contributed by atoms with Gasteiger partial charge in [0.15, 0.2) is 10.9 Å². The van der Waals surface area contributed by atoms with E-state index in [4.69, 9.17) is 17.0 Å². The minimum atomic E-state index is 0.540. The summed E-state index contributed by atoms with van der Waals surface area (Å²) in [6.45, 7) is 4.85. The molecule has 17 heavy (non-hydrogen) atoms. The fraction of sp³-hybridized carbons (Fsp3) is 0.700. The predicted molar refractivity (Wildman–Crippen MR) is 69.6 cm³/mol. The summed E-state index contributed by atoms with van der Waals surface area (Å²) in [5, 5.41) is 10.9. The largest absolute Gasteiger partial charge is 0.382 e. The molecular formula is C10H19N5OS. The van der Waals surface area contributed by atoms with E-state index in [-0.39, 0.29) is 0 Å². The molecule has 0 bridgehead atoms. The third kappa shape index (κ3) is 6.18. The van der Waals surface area contributed by atoms with Gasteiger partial charge in [0.1, 0.15) is 6.33 Å². The highest BCUT2D eigenvalue weighted by molar-refractivity contribution is 7.80. The van der Waals surface area contributed by atoms with Gasteiger partial charge in [0.05, 0.1) is 6.54 Å². The van der Waals surface area contributed by atoms with Crippen molar-refractivity contribution < 1.29 is 4.74 Å². The molecule has 0 aliphatic rings. The fourth-order valence-electron chi connectivity index (χ4n) is 1.21. The highest BCUT2D eigenvalue weighted by atomic mass is 32.1. The van der Waals surface area contributed by atoms with Crippen LogP contribution < -0.4 is 10.6 Å². The second-order valence-electron chi connectivity index (χ2n) is 3.49. The van der Waals surface area contributed by atoms with E-state index in [0.29, 0.717) is 11.7 Å². The number of aryl methyl sites for hydroxylation is 1. The molecule has 0 amide bonds. The normalized spacial score (nSPS) is 10.2. The van der Waals surface area contributed by atoms with Crippen molar-refractivity contribution in [3.8, 4) is 0 Å². The summed E-state index contributed by atoms with van der Waals surface area (Å²) >= 11 is 5.11. The molecule has 6 nitrogen and oxygen atoms in total. The lowest BCUT2D eigenvalue weighted by Gasteiger charge is -2.08. The van der Waals surface area contributed by atoms with Crippen molar-refractivity contribution in [2.45, 2.75) is 19.9 Å². The van der Waals surface area contributed by atoms with Gasteiger partial charge in [-0.2, -0.15) is 5.10 Å². The van der Waals surface area contributed by atoms with Crippen LogP contribution in [0.4, 0.5) is 0 Å². The van der Waals surface area contributed by atoms with Gasteiger partial charge in [-0.1, -0.05) is 0 Å². The van der Waals surface area contributed by atoms with Gasteiger partial charge in [-0.25, -0.2) is 4.98 Å². The molecule has 0 atom stereocenters. The Morgan fingerprint density at radius 2 is 2.35 bits per heavy atom. The summed E-state index contributed by atoms with van der Waals surface area (Å²) in [4.78, 5) is 4.09. The van der Waals surface area contributed by atoms with Gasteiger partial charge in [-0.05, 0) is 25.6 Å². The number of hydrogen-bond acceptors (Lipinski definition) is 4. The van der Waals surface area contributed by atoms with Gasteiger partial charge in [0.25, 0.3) is 0 Å². The zero-order valence-corrected chi connectivity index (χ0v) is 11.1. The fourth-order valence-corrected chi connectivity index (χ4v) is 1.38. The average Bonchev–Trinajstić information content (AvgIpc) is 2.72. The van der Waals surface area contributed by atoms with E-state index in [1.165, 1.54) is 0 Å². The number of hydrogen-bond donors (Lipinski definition) is 2. The first kappa shape index (κ1) is 13.9. The Morgan fingerprint density at radius 3 is 3.00 bits per heavy atom. The van der Waals surface area contributed by atoms with Crippen molar-refractivity contribution in [2.75, 3.05) is 19.8 Å². The van der Waals surface area contributed by atoms with E-state index in [9.17, 15) is 0 Å². The van der Waals surface area contributed by atoms with Crippen LogP contribution in [0.3, 0.4) is 0 Å². The number of nitrogens with one attached hydrogen (secondary N) is 2. The second kappa shape index (κ2) is 7.97. The highest BCUT2D eigenvalue weighted by Gasteiger charge is 1.99. The predicted octanol–water partition coefficient (Wildman–Crippen LogP) is 0.206. The minimum absolute atomic E-state index is 0.540. The van der Waals surface area contributed by atoms with Gasteiger partial charge in [0, 0.05) is 26.8 Å². The molecule has 7 heteroatoms. The molecular weight excluding hydrogens is 238 g/mol. The first-order valence-corrected chi connectivity index (χ1v) is 6.07. The van der Waals surface area contributed by atoms with Crippen LogP contribution in [0.2, 0.25) is 0 Å². The Labute approximate surface area is 107 Å². The van der Waals surface area contributed by atoms with Crippen LogP contribution in [-0.4, -0.2) is 39.6 Å². The maximum atomic E-state index is 5.22. The quantitative estimate of drug-likeness (QED) is 0.538. The lowest BCUT2D eigenvalue weighted by molar-refractivity contribution is 0.145. The van der Waals surface area contributed by atoms with Crippen molar-refractivity contribution >= 4 is 17.3 Å². The molecule has 96 valence electrons. The van der Waals surface area contributed by atoms with Crippen LogP contribution in [0.25, 0.3) is 0 Å². The van der Waals surface area contributed by atoms with Crippen molar-refractivity contribution in [3.05, 3.63) is 12.2 Å². The molecule has 0 aromatic carbocycles. The third-order valence-corrected chi connectivity index (χ3v) is 2.30. The van der Waals surface area contributed by atoms with E-state index in [1.807, 2.05) is 14.0 Å². The Hall–Kier alpha value is -1.21. The first-order chi connectivity index (χ1) is 8.22. The summed E-state index contributed by atoms with van der Waals surface area (Å²) < 4.78 is 6.88. The molecule has 0 fully saturated rings. The van der Waals surface area contributed by atoms with E-state index in [1.54, 1.807) is 11.0 Å². The summed E-state index contributed by atoms with van der Waals surface area (Å²) in [7, 11) is 1.83. The molecule has 0 radical (unpaired) electrons. The molecule has 1 rings (SSSR count). The van der Waals surface area contributed by atoms with E-state index < -0.39 is 0 Å². The maximum Gasteiger partial charge on any atom is 0.169 e. The van der Waals surface area contributed by atoms with Crippen molar-refractivity contribution in [1.29, 1.82) is 0 Å². The lowest BCUT2D eigenvalue weighted by atomic mass is 10.4. The summed E-state index contributed by atoms with van der Waals surface area (Å²) in [5.41, 5.74) is 0. The number of nitrogens with zero attached hydrogens (tertiary/aromatic N) is 3. The van der Waals surface area contributed by atoms with Gasteiger partial charge >= 0.3 is 0 Å². The van der Waals surface area contributed by atoms with E-state index >= 15 is 0 Å². The SMILES string of the molecule is CCOCCCNC(=S)NCc1ncn(C)n1. The smallest absolute Gasteiger partial charge is 0.169 e. The monoisotopic (exact) mass is 257 g/mol. The lowest BCUT2D eigenvalue weighted by Crippen LogP contribution is -2.35. The summed E-state index contributed by atoms with van der Waals surface area (Å²) in [6, 6.07) is 0. The van der Waals surface area contributed by atoms with Gasteiger partial charge in [-0.3, -0.25) is 4.68 Å². The number of rotatable bonds is 7. The Balaban J connectivity index is 2.05. The van der Waals surface area contributed by atoms with Crippen molar-refractivity contribution in [1.82, 2.24) is 25.4 Å². The first-order valence-electron chi connectivity index (χ1n) is 5.66. The van der Waals surface area contributed by atoms with Crippen LogP contribution in [-0.2, 0) is 18.3 Å². The number of thiocarbonyl (C=S) groups is 1. The molecule has 0 aliphatic carbocycles. The highest BCUT2D eigenvalue weighted by Crippen LogP contribution is 1.86. The molecule has 0 spiro atoms.